The van der Waals surface area contributed by atoms with Gasteiger partial charge < -0.3 is 10.1 Å². The molecule has 2 aromatic heterocycles. The summed E-state index contributed by atoms with van der Waals surface area (Å²) in [5.41, 5.74) is 4.32. The molecular weight excluding hydrogens is 386 g/mol. The first-order valence-corrected chi connectivity index (χ1v) is 10.6. The Morgan fingerprint density at radius 1 is 1.24 bits per heavy atom. The smallest absolute Gasteiger partial charge is 0.234 e. The van der Waals surface area contributed by atoms with Crippen LogP contribution >= 0.6 is 11.8 Å². The number of para-hydroxylation sites is 2. The normalized spacial score (nSPS) is 13.0. The molecular formula is C21H23N5O2S. The van der Waals surface area contributed by atoms with Gasteiger partial charge in [-0.3, -0.25) is 4.79 Å². The molecule has 3 aromatic rings. The Morgan fingerprint density at radius 2 is 2.07 bits per heavy atom. The van der Waals surface area contributed by atoms with E-state index in [1.807, 2.05) is 35.0 Å². The second-order valence-corrected chi connectivity index (χ2v) is 7.88. The van der Waals surface area contributed by atoms with E-state index in [0.717, 1.165) is 29.4 Å². The number of benzene rings is 1. The number of carbonyl (C=O) groups excluding carboxylic acids is 1. The number of aryl methyl sites for hydroxylation is 1. The maximum Gasteiger partial charge on any atom is 0.234 e. The number of aromatic nitrogens is 4. The molecule has 150 valence electrons. The molecule has 7 nitrogen and oxygen atoms in total. The van der Waals surface area contributed by atoms with Gasteiger partial charge in [-0.1, -0.05) is 23.9 Å². The summed E-state index contributed by atoms with van der Waals surface area (Å²) in [7, 11) is 1.58. The average Bonchev–Trinajstić information content (AvgIpc) is 3.10. The number of amides is 1. The van der Waals surface area contributed by atoms with Crippen LogP contribution in [-0.4, -0.2) is 38.5 Å². The predicted molar refractivity (Wildman–Crippen MR) is 113 cm³/mol. The zero-order valence-corrected chi connectivity index (χ0v) is 17.3. The van der Waals surface area contributed by atoms with Crippen molar-refractivity contribution in [2.75, 3.05) is 18.2 Å². The Balaban J connectivity index is 1.45. The third kappa shape index (κ3) is 4.27. The number of nitrogens with one attached hydrogen (secondary N) is 1. The summed E-state index contributed by atoms with van der Waals surface area (Å²) < 4.78 is 7.20. The molecule has 0 radical (unpaired) electrons. The predicted octanol–water partition coefficient (Wildman–Crippen LogP) is 3.59. The fourth-order valence-electron chi connectivity index (χ4n) is 3.57. The Morgan fingerprint density at radius 3 is 2.93 bits per heavy atom. The highest BCUT2D eigenvalue weighted by Gasteiger charge is 2.20. The number of hydrogen-bond donors (Lipinski definition) is 1. The highest BCUT2D eigenvalue weighted by molar-refractivity contribution is 7.99. The molecule has 0 saturated heterocycles. The van der Waals surface area contributed by atoms with Crippen LogP contribution in [-0.2, 0) is 17.6 Å². The van der Waals surface area contributed by atoms with Crippen LogP contribution in [0, 0.1) is 6.92 Å². The van der Waals surface area contributed by atoms with Gasteiger partial charge in [-0.2, -0.15) is 5.10 Å². The summed E-state index contributed by atoms with van der Waals surface area (Å²) in [5, 5.41) is 8.31. The van der Waals surface area contributed by atoms with Gasteiger partial charge in [0, 0.05) is 11.8 Å². The lowest BCUT2D eigenvalue weighted by Gasteiger charge is -2.13. The van der Waals surface area contributed by atoms with Crippen molar-refractivity contribution in [3.05, 3.63) is 53.6 Å². The van der Waals surface area contributed by atoms with Gasteiger partial charge in [0.1, 0.15) is 17.1 Å². The van der Waals surface area contributed by atoms with Crippen LogP contribution in [0.15, 0.2) is 41.7 Å². The standard InChI is InChI=1S/C21H23N5O2S/c1-14-15-7-3-5-9-17(15)26(25-14)19-11-21(23-13-22-19)29-12-20(27)24-16-8-4-6-10-18(16)28-2/h4,6,8,10-11,13H,3,5,7,9,12H2,1-2H3,(H,24,27). The number of rotatable bonds is 6. The minimum Gasteiger partial charge on any atom is -0.495 e. The van der Waals surface area contributed by atoms with E-state index >= 15 is 0 Å². The Labute approximate surface area is 173 Å². The first-order chi connectivity index (χ1) is 14.2. The summed E-state index contributed by atoms with van der Waals surface area (Å²) >= 11 is 1.37. The van der Waals surface area contributed by atoms with Gasteiger partial charge in [-0.15, -0.1) is 0 Å². The topological polar surface area (TPSA) is 81.9 Å². The molecule has 0 unspecified atom stereocenters. The Hall–Kier alpha value is -2.87. The molecule has 8 heteroatoms. The van der Waals surface area contributed by atoms with Crippen LogP contribution in [0.1, 0.15) is 29.8 Å². The summed E-state index contributed by atoms with van der Waals surface area (Å²) in [6.07, 6.45) is 6.02. The summed E-state index contributed by atoms with van der Waals surface area (Å²) in [6.45, 7) is 2.06. The first-order valence-electron chi connectivity index (χ1n) is 9.61. The van der Waals surface area contributed by atoms with Gasteiger partial charge in [0.15, 0.2) is 5.82 Å². The molecule has 0 saturated carbocycles. The van der Waals surface area contributed by atoms with Crippen LogP contribution < -0.4 is 10.1 Å². The monoisotopic (exact) mass is 409 g/mol. The maximum atomic E-state index is 12.4. The number of nitrogens with zero attached hydrogens (tertiary/aromatic N) is 4. The first kappa shape index (κ1) is 19.4. The van der Waals surface area contributed by atoms with Crippen molar-refractivity contribution in [1.29, 1.82) is 0 Å². The second-order valence-electron chi connectivity index (χ2n) is 6.88. The molecule has 0 atom stereocenters. The van der Waals surface area contributed by atoms with E-state index in [4.69, 9.17) is 9.84 Å². The molecule has 0 aliphatic heterocycles. The molecule has 1 amide bonds. The summed E-state index contributed by atoms with van der Waals surface area (Å²) in [6, 6.07) is 9.23. The van der Waals surface area contributed by atoms with Gasteiger partial charge in [-0.05, 0) is 50.3 Å². The summed E-state index contributed by atoms with van der Waals surface area (Å²) in [5.74, 6) is 1.50. The molecule has 0 fully saturated rings. The average molecular weight is 410 g/mol. The van der Waals surface area contributed by atoms with E-state index < -0.39 is 0 Å². The fourth-order valence-corrected chi connectivity index (χ4v) is 4.23. The molecule has 1 N–H and O–H groups in total. The maximum absolute atomic E-state index is 12.4. The number of hydrogen-bond acceptors (Lipinski definition) is 6. The van der Waals surface area contributed by atoms with Crippen molar-refractivity contribution >= 4 is 23.4 Å². The molecule has 0 bridgehead atoms. The van der Waals surface area contributed by atoms with Crippen molar-refractivity contribution < 1.29 is 9.53 Å². The Bertz CT molecular complexity index is 1030. The summed E-state index contributed by atoms with van der Waals surface area (Å²) in [4.78, 5) is 21.1. The van der Waals surface area contributed by atoms with Gasteiger partial charge >= 0.3 is 0 Å². The van der Waals surface area contributed by atoms with Crippen LogP contribution in [0.4, 0.5) is 5.69 Å². The number of methoxy groups -OCH3 is 1. The molecule has 29 heavy (non-hydrogen) atoms. The lowest BCUT2D eigenvalue weighted by Crippen LogP contribution is -2.15. The number of fused-ring (bicyclic) bond motifs is 1. The molecule has 1 aliphatic carbocycles. The number of anilines is 1. The Kier molecular flexibility index (Phi) is 5.80. The van der Waals surface area contributed by atoms with Crippen molar-refractivity contribution in [3.63, 3.8) is 0 Å². The highest BCUT2D eigenvalue weighted by Crippen LogP contribution is 2.27. The molecule has 1 aromatic carbocycles. The van der Waals surface area contributed by atoms with Crippen molar-refractivity contribution in [1.82, 2.24) is 19.7 Å². The van der Waals surface area contributed by atoms with Gasteiger partial charge in [-0.25, -0.2) is 14.6 Å². The van der Waals surface area contributed by atoms with E-state index in [9.17, 15) is 4.79 Å². The van der Waals surface area contributed by atoms with Gasteiger partial charge in [0.05, 0.1) is 24.2 Å². The molecule has 0 spiro atoms. The van der Waals surface area contributed by atoms with Crippen LogP contribution in [0.5, 0.6) is 5.75 Å². The van der Waals surface area contributed by atoms with Crippen molar-refractivity contribution in [3.8, 4) is 11.6 Å². The van der Waals surface area contributed by atoms with Crippen LogP contribution in [0.25, 0.3) is 5.82 Å². The molecule has 4 rings (SSSR count). The largest absolute Gasteiger partial charge is 0.495 e. The van der Waals surface area contributed by atoms with Gasteiger partial charge in [0.25, 0.3) is 0 Å². The van der Waals surface area contributed by atoms with Crippen LogP contribution in [0.3, 0.4) is 0 Å². The number of carbonyl (C=O) groups is 1. The minimum absolute atomic E-state index is 0.119. The third-order valence-corrected chi connectivity index (χ3v) is 5.88. The third-order valence-electron chi connectivity index (χ3n) is 4.96. The number of thioether (sulfide) groups is 1. The lowest BCUT2D eigenvalue weighted by atomic mass is 9.96. The zero-order chi connectivity index (χ0) is 20.2. The van der Waals surface area contributed by atoms with E-state index in [1.165, 1.54) is 42.2 Å². The molecule has 1 aliphatic rings. The highest BCUT2D eigenvalue weighted by atomic mass is 32.2. The van der Waals surface area contributed by atoms with E-state index in [0.29, 0.717) is 11.4 Å². The number of ether oxygens (including phenoxy) is 1. The second kappa shape index (κ2) is 8.65. The van der Waals surface area contributed by atoms with E-state index in [2.05, 4.69) is 22.2 Å². The van der Waals surface area contributed by atoms with Crippen molar-refractivity contribution in [2.24, 2.45) is 0 Å². The zero-order valence-electron chi connectivity index (χ0n) is 16.5. The van der Waals surface area contributed by atoms with Gasteiger partial charge in [0.2, 0.25) is 5.91 Å². The fraction of sp³-hybridized carbons (Fsp3) is 0.333. The van der Waals surface area contributed by atoms with Crippen molar-refractivity contribution in [2.45, 2.75) is 37.6 Å². The van der Waals surface area contributed by atoms with Crippen LogP contribution in [0.2, 0.25) is 0 Å². The minimum atomic E-state index is -0.119. The lowest BCUT2D eigenvalue weighted by molar-refractivity contribution is -0.113. The SMILES string of the molecule is COc1ccccc1NC(=O)CSc1cc(-n2nc(C)c3c2CCCC3)ncn1. The molecule has 2 heterocycles. The van der Waals surface area contributed by atoms with E-state index in [-0.39, 0.29) is 11.7 Å². The quantitative estimate of drug-likeness (QED) is 0.495. The van der Waals surface area contributed by atoms with E-state index in [1.54, 1.807) is 7.11 Å².